The van der Waals surface area contributed by atoms with Gasteiger partial charge in [-0.3, -0.25) is 4.90 Å². The highest BCUT2D eigenvalue weighted by atomic mass is 16.5. The number of guanidine groups is 1. The van der Waals surface area contributed by atoms with Crippen molar-refractivity contribution in [2.75, 3.05) is 30.4 Å². The Hall–Kier alpha value is -2.86. The quantitative estimate of drug-likeness (QED) is 0.835. The number of morpholine rings is 1. The Labute approximate surface area is 159 Å². The molecule has 0 aliphatic carbocycles. The molecule has 2 unspecified atom stereocenters. The first-order valence-electron chi connectivity index (χ1n) is 9.48. The normalized spacial score (nSPS) is 24.6. The van der Waals surface area contributed by atoms with Gasteiger partial charge in [0.2, 0.25) is 5.96 Å². The second-order valence-electron chi connectivity index (χ2n) is 7.28. The van der Waals surface area contributed by atoms with Crippen LogP contribution in [0.4, 0.5) is 11.4 Å². The van der Waals surface area contributed by atoms with E-state index in [1.165, 1.54) is 0 Å². The third kappa shape index (κ3) is 3.17. The lowest BCUT2D eigenvalue weighted by Gasteiger charge is -2.39. The lowest BCUT2D eigenvalue weighted by atomic mass is 10.2. The molecule has 3 heterocycles. The number of nitrogens with zero attached hydrogens (tertiary/aromatic N) is 4. The van der Waals surface area contributed by atoms with Crippen molar-refractivity contribution in [1.82, 2.24) is 4.90 Å². The number of hydrogen-bond acceptors (Lipinski definition) is 6. The molecule has 2 fully saturated rings. The van der Waals surface area contributed by atoms with Crippen LogP contribution in [-0.4, -0.2) is 48.7 Å². The fourth-order valence-electron chi connectivity index (χ4n) is 4.00. The molecular weight excluding hydrogens is 338 g/mol. The van der Waals surface area contributed by atoms with E-state index in [1.807, 2.05) is 30.3 Å². The van der Waals surface area contributed by atoms with Crippen LogP contribution < -0.4 is 10.6 Å². The summed E-state index contributed by atoms with van der Waals surface area (Å²) >= 11 is 0. The second kappa shape index (κ2) is 6.70. The van der Waals surface area contributed by atoms with E-state index in [0.29, 0.717) is 18.9 Å². The number of anilines is 2. The number of nitrogens with two attached hydrogens (primary N) is 1. The monoisotopic (exact) mass is 361 g/mol. The minimum Gasteiger partial charge on any atom is -0.399 e. The fraction of sp³-hybridized carbons (Fsp3) is 0.333. The van der Waals surface area contributed by atoms with Gasteiger partial charge in [0, 0.05) is 30.0 Å². The zero-order valence-electron chi connectivity index (χ0n) is 15.2. The van der Waals surface area contributed by atoms with Crippen LogP contribution in [0, 0.1) is 0 Å². The summed E-state index contributed by atoms with van der Waals surface area (Å²) in [5, 5.41) is 0. The second-order valence-corrected chi connectivity index (χ2v) is 7.28. The van der Waals surface area contributed by atoms with Crippen molar-refractivity contribution < 1.29 is 4.74 Å². The molecule has 138 valence electrons. The van der Waals surface area contributed by atoms with E-state index in [9.17, 15) is 0 Å². The summed E-state index contributed by atoms with van der Waals surface area (Å²) < 4.78 is 6.02. The van der Waals surface area contributed by atoms with Gasteiger partial charge in [0.1, 0.15) is 6.67 Å². The average Bonchev–Trinajstić information content (AvgIpc) is 3.06. The van der Waals surface area contributed by atoms with E-state index in [4.69, 9.17) is 20.5 Å². The van der Waals surface area contributed by atoms with Crippen molar-refractivity contribution >= 4 is 23.2 Å². The molecule has 2 saturated heterocycles. The van der Waals surface area contributed by atoms with Gasteiger partial charge >= 0.3 is 0 Å². The van der Waals surface area contributed by atoms with E-state index < -0.39 is 0 Å². The number of amidine groups is 1. The summed E-state index contributed by atoms with van der Waals surface area (Å²) in [5.74, 6) is 1.72. The third-order valence-corrected chi connectivity index (χ3v) is 5.37. The first kappa shape index (κ1) is 16.3. The number of nitrogen functional groups attached to an aromatic ring is 1. The number of likely N-dealkylation sites (tertiary alicyclic amines) is 1. The predicted molar refractivity (Wildman–Crippen MR) is 108 cm³/mol. The zero-order chi connectivity index (χ0) is 18.2. The lowest BCUT2D eigenvalue weighted by Crippen LogP contribution is -2.53. The van der Waals surface area contributed by atoms with Crippen molar-refractivity contribution in [3.63, 3.8) is 0 Å². The van der Waals surface area contributed by atoms with Crippen LogP contribution in [0.5, 0.6) is 0 Å². The van der Waals surface area contributed by atoms with E-state index >= 15 is 0 Å². The van der Waals surface area contributed by atoms with Crippen molar-refractivity contribution in [2.45, 2.75) is 25.0 Å². The molecule has 0 saturated carbocycles. The molecule has 0 spiro atoms. The molecule has 3 aliphatic heterocycles. The van der Waals surface area contributed by atoms with E-state index in [0.717, 1.165) is 54.7 Å². The fourth-order valence-corrected chi connectivity index (χ4v) is 4.00. The minimum atomic E-state index is 0.308. The SMILES string of the molecule is Nc1ccc(C2=NCN(c3ccccc3)C(N3CC4CCC(C3)O4)=N2)cc1. The van der Waals surface area contributed by atoms with Gasteiger partial charge in [-0.1, -0.05) is 18.2 Å². The molecule has 6 nitrogen and oxygen atoms in total. The van der Waals surface area contributed by atoms with Crippen LogP contribution in [0.15, 0.2) is 64.6 Å². The Morgan fingerprint density at radius 2 is 1.63 bits per heavy atom. The van der Waals surface area contributed by atoms with Gasteiger partial charge in [0.25, 0.3) is 0 Å². The number of aliphatic imine (C=N–C) groups is 2. The number of ether oxygens (including phenoxy) is 1. The van der Waals surface area contributed by atoms with E-state index in [1.54, 1.807) is 0 Å². The summed E-state index contributed by atoms with van der Waals surface area (Å²) in [7, 11) is 0. The Bertz CT molecular complexity index is 865. The topological polar surface area (TPSA) is 66.5 Å². The number of benzene rings is 2. The Balaban J connectivity index is 1.51. The van der Waals surface area contributed by atoms with Gasteiger partial charge in [-0.25, -0.2) is 4.99 Å². The molecule has 2 N–H and O–H groups in total. The van der Waals surface area contributed by atoms with E-state index in [2.05, 4.69) is 34.1 Å². The first-order chi connectivity index (χ1) is 13.3. The summed E-state index contributed by atoms with van der Waals surface area (Å²) in [4.78, 5) is 14.3. The summed E-state index contributed by atoms with van der Waals surface area (Å²) in [6.45, 7) is 2.32. The highest BCUT2D eigenvalue weighted by molar-refractivity contribution is 6.12. The molecule has 27 heavy (non-hydrogen) atoms. The molecule has 0 aromatic heterocycles. The molecule has 2 bridgehead atoms. The number of rotatable bonds is 2. The van der Waals surface area contributed by atoms with E-state index in [-0.39, 0.29) is 0 Å². The zero-order valence-corrected chi connectivity index (χ0v) is 15.2. The highest BCUT2D eigenvalue weighted by Gasteiger charge is 2.37. The molecule has 2 aromatic rings. The molecule has 2 aromatic carbocycles. The minimum absolute atomic E-state index is 0.308. The van der Waals surface area contributed by atoms with Crippen LogP contribution in [0.1, 0.15) is 18.4 Å². The summed E-state index contributed by atoms with van der Waals surface area (Å²) in [6.07, 6.45) is 2.89. The van der Waals surface area contributed by atoms with Crippen LogP contribution in [0.25, 0.3) is 0 Å². The standard InChI is InChI=1S/C21H23N5O/c22-16-8-6-15(7-9-16)20-23-14-26(17-4-2-1-3-5-17)21(24-20)25-12-18-10-11-19(13-25)27-18/h1-9,18-19H,10-14,22H2. The summed E-state index contributed by atoms with van der Waals surface area (Å²) in [5.41, 5.74) is 8.67. The van der Waals surface area contributed by atoms with Gasteiger partial charge in [-0.2, -0.15) is 4.99 Å². The molecular formula is C21H23N5O. The number of fused-ring (bicyclic) bond motifs is 2. The van der Waals surface area contributed by atoms with Crippen LogP contribution in [-0.2, 0) is 4.74 Å². The molecule has 6 heteroatoms. The lowest BCUT2D eigenvalue weighted by molar-refractivity contribution is -0.0162. The van der Waals surface area contributed by atoms with Crippen molar-refractivity contribution in [1.29, 1.82) is 0 Å². The largest absolute Gasteiger partial charge is 0.399 e. The maximum Gasteiger partial charge on any atom is 0.209 e. The van der Waals surface area contributed by atoms with Crippen molar-refractivity contribution in [3.8, 4) is 0 Å². The number of para-hydroxylation sites is 1. The van der Waals surface area contributed by atoms with Crippen LogP contribution in [0.3, 0.4) is 0 Å². The van der Waals surface area contributed by atoms with Crippen LogP contribution in [0.2, 0.25) is 0 Å². The Morgan fingerprint density at radius 1 is 0.926 bits per heavy atom. The Morgan fingerprint density at radius 3 is 2.33 bits per heavy atom. The molecule has 5 rings (SSSR count). The van der Waals surface area contributed by atoms with Crippen LogP contribution >= 0.6 is 0 Å². The van der Waals surface area contributed by atoms with Gasteiger partial charge in [-0.05, 0) is 49.2 Å². The highest BCUT2D eigenvalue weighted by Crippen LogP contribution is 2.29. The Kier molecular flexibility index (Phi) is 4.05. The predicted octanol–water partition coefficient (Wildman–Crippen LogP) is 2.71. The molecule has 0 amide bonds. The third-order valence-electron chi connectivity index (χ3n) is 5.37. The average molecular weight is 361 g/mol. The maximum atomic E-state index is 6.02. The summed E-state index contributed by atoms with van der Waals surface area (Å²) in [6, 6.07) is 18.1. The van der Waals surface area contributed by atoms with Gasteiger partial charge in [-0.15, -0.1) is 0 Å². The van der Waals surface area contributed by atoms with Crippen molar-refractivity contribution in [2.24, 2.45) is 9.98 Å². The molecule has 0 radical (unpaired) electrons. The van der Waals surface area contributed by atoms with Crippen molar-refractivity contribution in [3.05, 3.63) is 60.2 Å². The molecule has 2 atom stereocenters. The number of hydrogen-bond donors (Lipinski definition) is 1. The van der Waals surface area contributed by atoms with Gasteiger partial charge in [0.05, 0.1) is 12.2 Å². The first-order valence-corrected chi connectivity index (χ1v) is 9.48. The molecule has 3 aliphatic rings. The van der Waals surface area contributed by atoms with Gasteiger partial charge < -0.3 is 15.4 Å². The van der Waals surface area contributed by atoms with Gasteiger partial charge in [0.15, 0.2) is 5.84 Å². The maximum absolute atomic E-state index is 6.02. The smallest absolute Gasteiger partial charge is 0.209 e.